The Morgan fingerprint density at radius 3 is 1.67 bits per heavy atom. The molecule has 1 saturated carbocycles. The van der Waals surface area contributed by atoms with Gasteiger partial charge in [-0.3, -0.25) is 0 Å². The van der Waals surface area contributed by atoms with Gasteiger partial charge in [0.2, 0.25) is 0 Å². The molecular weight excluding hydrogens is 108 g/mol. The van der Waals surface area contributed by atoms with Crippen molar-refractivity contribution in [1.82, 2.24) is 0 Å². The molecule has 0 heteroatoms. The Morgan fingerprint density at radius 2 is 1.67 bits per heavy atom. The average Bonchev–Trinajstić information content (AvgIpc) is 1.57. The minimum atomic E-state index is 0.567. The van der Waals surface area contributed by atoms with Gasteiger partial charge < -0.3 is 0 Å². The van der Waals surface area contributed by atoms with Crippen LogP contribution in [0.25, 0.3) is 0 Å². The third-order valence-corrected chi connectivity index (χ3v) is 2.73. The van der Waals surface area contributed by atoms with E-state index in [4.69, 9.17) is 0 Å². The van der Waals surface area contributed by atoms with Gasteiger partial charge in [-0.2, -0.15) is 0 Å². The maximum Gasteiger partial charge on any atom is -0.0340 e. The van der Waals surface area contributed by atoms with Gasteiger partial charge in [0.15, 0.2) is 0 Å². The Kier molecular flexibility index (Phi) is 1.58. The van der Waals surface area contributed by atoms with Crippen molar-refractivity contribution in [2.75, 3.05) is 0 Å². The molecule has 9 heavy (non-hydrogen) atoms. The number of rotatable bonds is 0. The highest BCUT2D eigenvalue weighted by Crippen LogP contribution is 2.45. The van der Waals surface area contributed by atoms with E-state index < -0.39 is 0 Å². The van der Waals surface area contributed by atoms with Gasteiger partial charge >= 0.3 is 0 Å². The average molecular weight is 126 g/mol. The molecule has 0 nitrogen and oxygen atoms in total. The van der Waals surface area contributed by atoms with Crippen molar-refractivity contribution in [3.63, 3.8) is 0 Å². The van der Waals surface area contributed by atoms with Gasteiger partial charge in [0, 0.05) is 0 Å². The van der Waals surface area contributed by atoms with Crippen molar-refractivity contribution < 1.29 is 0 Å². The third kappa shape index (κ3) is 1.28. The van der Waals surface area contributed by atoms with Crippen LogP contribution in [-0.4, -0.2) is 0 Å². The van der Waals surface area contributed by atoms with E-state index in [1.54, 1.807) is 0 Å². The van der Waals surface area contributed by atoms with Crippen molar-refractivity contribution in [3.8, 4) is 0 Å². The number of hydrogen-bond acceptors (Lipinski definition) is 0. The minimum absolute atomic E-state index is 0.567. The molecule has 1 unspecified atom stereocenters. The minimum Gasteiger partial charge on any atom is -0.0622 e. The van der Waals surface area contributed by atoms with E-state index in [1.807, 2.05) is 0 Å². The summed E-state index contributed by atoms with van der Waals surface area (Å²) in [5.41, 5.74) is 0.567. The summed E-state index contributed by atoms with van der Waals surface area (Å²) in [7, 11) is 0. The lowest BCUT2D eigenvalue weighted by Gasteiger charge is -2.43. The molecule has 1 fully saturated rings. The molecule has 0 aromatic rings. The summed E-state index contributed by atoms with van der Waals surface area (Å²) in [6.07, 6.45) is 2.92. The molecule has 0 amide bonds. The fraction of sp³-hybridized carbons (Fsp3) is 1.00. The summed E-state index contributed by atoms with van der Waals surface area (Å²) >= 11 is 0. The van der Waals surface area contributed by atoms with Gasteiger partial charge in [0.25, 0.3) is 0 Å². The molecule has 0 spiro atoms. The van der Waals surface area contributed by atoms with Crippen molar-refractivity contribution >= 4 is 0 Å². The Morgan fingerprint density at radius 1 is 1.11 bits per heavy atom. The predicted octanol–water partition coefficient (Wildman–Crippen LogP) is 3.08. The van der Waals surface area contributed by atoms with Gasteiger partial charge in [-0.05, 0) is 23.7 Å². The van der Waals surface area contributed by atoms with E-state index in [-0.39, 0.29) is 0 Å². The topological polar surface area (TPSA) is 0 Å². The molecule has 0 heterocycles. The third-order valence-electron chi connectivity index (χ3n) is 2.73. The maximum atomic E-state index is 2.37. The van der Waals surface area contributed by atoms with Crippen LogP contribution in [0.3, 0.4) is 0 Å². The molecule has 1 aliphatic carbocycles. The fourth-order valence-electron chi connectivity index (χ4n) is 1.95. The van der Waals surface area contributed by atoms with Gasteiger partial charge in [-0.15, -0.1) is 0 Å². The summed E-state index contributed by atoms with van der Waals surface area (Å²) < 4.78 is 0. The summed E-state index contributed by atoms with van der Waals surface area (Å²) in [6, 6.07) is 0. The lowest BCUT2D eigenvalue weighted by Crippen LogP contribution is -2.34. The van der Waals surface area contributed by atoms with Crippen LogP contribution in [0.1, 0.15) is 40.5 Å². The molecule has 2 atom stereocenters. The monoisotopic (exact) mass is 126 g/mol. The van der Waals surface area contributed by atoms with E-state index in [0.717, 1.165) is 11.8 Å². The lowest BCUT2D eigenvalue weighted by atomic mass is 9.62. The molecular formula is C9H18. The normalized spacial score (nSPS) is 36.0. The first-order valence-corrected chi connectivity index (χ1v) is 4.02. The van der Waals surface area contributed by atoms with Crippen LogP contribution in [0, 0.1) is 17.3 Å². The van der Waals surface area contributed by atoms with Crippen LogP contribution in [0.4, 0.5) is 0 Å². The van der Waals surface area contributed by atoms with Crippen molar-refractivity contribution in [3.05, 3.63) is 0 Å². The van der Waals surface area contributed by atoms with Crippen LogP contribution in [0.15, 0.2) is 0 Å². The molecule has 0 aromatic heterocycles. The van der Waals surface area contributed by atoms with E-state index in [9.17, 15) is 0 Å². The summed E-state index contributed by atoms with van der Waals surface area (Å²) in [5.74, 6) is 1.99. The van der Waals surface area contributed by atoms with E-state index in [0.29, 0.717) is 5.41 Å². The first-order valence-electron chi connectivity index (χ1n) is 4.02. The summed E-state index contributed by atoms with van der Waals surface area (Å²) in [4.78, 5) is 0. The van der Waals surface area contributed by atoms with Gasteiger partial charge in [-0.1, -0.05) is 34.1 Å². The van der Waals surface area contributed by atoms with E-state index in [1.165, 1.54) is 12.8 Å². The van der Waals surface area contributed by atoms with Crippen molar-refractivity contribution in [2.45, 2.75) is 40.5 Å². The van der Waals surface area contributed by atoms with Crippen molar-refractivity contribution in [2.24, 2.45) is 17.3 Å². The van der Waals surface area contributed by atoms with Crippen LogP contribution in [0.2, 0.25) is 0 Å². The largest absolute Gasteiger partial charge is 0.0622 e. The van der Waals surface area contributed by atoms with Crippen LogP contribution < -0.4 is 0 Å². The molecule has 54 valence electrons. The SMILES string of the molecule is C[C@@H]1CCC1C(C)(C)C. The maximum absolute atomic E-state index is 2.37. The molecule has 1 rings (SSSR count). The van der Waals surface area contributed by atoms with Crippen LogP contribution >= 0.6 is 0 Å². The highest BCUT2D eigenvalue weighted by molar-refractivity contribution is 4.85. The lowest BCUT2D eigenvalue weighted by molar-refractivity contribution is 0.0689. The van der Waals surface area contributed by atoms with Gasteiger partial charge in [0.05, 0.1) is 0 Å². The second-order valence-electron chi connectivity index (χ2n) is 4.53. The summed E-state index contributed by atoms with van der Waals surface area (Å²) in [5, 5.41) is 0. The zero-order valence-corrected chi connectivity index (χ0v) is 7.07. The Bertz CT molecular complexity index is 97.1. The molecule has 1 aliphatic rings. The first-order chi connectivity index (χ1) is 4.02. The predicted molar refractivity (Wildman–Crippen MR) is 41.3 cm³/mol. The first kappa shape index (κ1) is 7.11. The van der Waals surface area contributed by atoms with Crippen molar-refractivity contribution in [1.29, 1.82) is 0 Å². The fourth-order valence-corrected chi connectivity index (χ4v) is 1.95. The van der Waals surface area contributed by atoms with Crippen LogP contribution in [-0.2, 0) is 0 Å². The Labute approximate surface area is 58.7 Å². The van der Waals surface area contributed by atoms with Gasteiger partial charge in [-0.25, -0.2) is 0 Å². The smallest absolute Gasteiger partial charge is 0.0340 e. The quantitative estimate of drug-likeness (QED) is 0.468. The molecule has 0 bridgehead atoms. The molecule has 0 aliphatic heterocycles. The molecule has 0 saturated heterocycles. The molecule has 0 aromatic carbocycles. The second-order valence-corrected chi connectivity index (χ2v) is 4.53. The highest BCUT2D eigenvalue weighted by Gasteiger charge is 2.35. The number of hydrogen-bond donors (Lipinski definition) is 0. The Hall–Kier alpha value is 0. The molecule has 0 N–H and O–H groups in total. The second kappa shape index (κ2) is 2.00. The zero-order valence-electron chi connectivity index (χ0n) is 7.07. The van der Waals surface area contributed by atoms with Gasteiger partial charge in [0.1, 0.15) is 0 Å². The molecule has 0 radical (unpaired) electrons. The standard InChI is InChI=1S/C9H18/c1-7-5-6-8(7)9(2,3)4/h7-8H,5-6H2,1-4H3/t7-,8?/m1/s1. The van der Waals surface area contributed by atoms with E-state index >= 15 is 0 Å². The summed E-state index contributed by atoms with van der Waals surface area (Å²) in [6.45, 7) is 9.44. The Balaban J connectivity index is 2.44. The van der Waals surface area contributed by atoms with E-state index in [2.05, 4.69) is 27.7 Å². The van der Waals surface area contributed by atoms with Crippen LogP contribution in [0.5, 0.6) is 0 Å². The highest BCUT2D eigenvalue weighted by atomic mass is 14.4. The zero-order chi connectivity index (χ0) is 7.07.